The number of nitrogens with two attached hydrogens (primary N) is 1. The highest BCUT2D eigenvalue weighted by atomic mass is 19.1. The second kappa shape index (κ2) is 5.00. The van der Waals surface area contributed by atoms with Crippen molar-refractivity contribution >= 4 is 16.6 Å². The topological polar surface area (TPSA) is 30.9 Å². The van der Waals surface area contributed by atoms with Gasteiger partial charge in [0, 0.05) is 11.8 Å². The fourth-order valence-electron chi connectivity index (χ4n) is 2.66. The SMILES string of the molecule is CCc1cccc2ccn(Cc3cccc(N)c3F)c12. The molecule has 0 amide bonds. The normalized spacial score (nSPS) is 11.1. The van der Waals surface area contributed by atoms with E-state index in [4.69, 9.17) is 5.73 Å². The van der Waals surface area contributed by atoms with Gasteiger partial charge in [0.2, 0.25) is 0 Å². The maximum atomic E-state index is 14.0. The molecular weight excluding hydrogens is 251 g/mol. The fourth-order valence-corrected chi connectivity index (χ4v) is 2.66. The molecule has 0 saturated heterocycles. The van der Waals surface area contributed by atoms with Crippen LogP contribution in [0.1, 0.15) is 18.1 Å². The molecule has 3 heteroatoms. The van der Waals surface area contributed by atoms with Crippen LogP contribution in [-0.2, 0) is 13.0 Å². The van der Waals surface area contributed by atoms with Crippen molar-refractivity contribution in [3.63, 3.8) is 0 Å². The van der Waals surface area contributed by atoms with Gasteiger partial charge in [-0.3, -0.25) is 0 Å². The average molecular weight is 268 g/mol. The number of nitrogen functional groups attached to an aromatic ring is 1. The number of halogens is 1. The summed E-state index contributed by atoms with van der Waals surface area (Å²) in [6.45, 7) is 2.63. The number of hydrogen-bond donors (Lipinski definition) is 1. The number of benzene rings is 2. The molecular formula is C17H17FN2. The molecule has 102 valence electrons. The van der Waals surface area contributed by atoms with Gasteiger partial charge in [-0.25, -0.2) is 4.39 Å². The lowest BCUT2D eigenvalue weighted by molar-refractivity contribution is 0.606. The quantitative estimate of drug-likeness (QED) is 0.716. The maximum Gasteiger partial charge on any atom is 0.151 e. The van der Waals surface area contributed by atoms with Crippen molar-refractivity contribution in [2.45, 2.75) is 19.9 Å². The van der Waals surface area contributed by atoms with E-state index in [0.29, 0.717) is 12.1 Å². The van der Waals surface area contributed by atoms with Crippen LogP contribution in [0.3, 0.4) is 0 Å². The molecule has 1 aromatic heterocycles. The molecule has 0 fully saturated rings. The van der Waals surface area contributed by atoms with Gasteiger partial charge in [0.1, 0.15) is 0 Å². The first-order chi connectivity index (χ1) is 9.70. The summed E-state index contributed by atoms with van der Waals surface area (Å²) in [4.78, 5) is 0. The third-order valence-electron chi connectivity index (χ3n) is 3.70. The Hall–Kier alpha value is -2.29. The van der Waals surface area contributed by atoms with Crippen LogP contribution >= 0.6 is 0 Å². The summed E-state index contributed by atoms with van der Waals surface area (Å²) < 4.78 is 16.1. The van der Waals surface area contributed by atoms with Crippen molar-refractivity contribution in [3.8, 4) is 0 Å². The van der Waals surface area contributed by atoms with Crippen molar-refractivity contribution in [2.24, 2.45) is 0 Å². The Kier molecular flexibility index (Phi) is 3.18. The molecule has 2 aromatic carbocycles. The van der Waals surface area contributed by atoms with E-state index in [1.165, 1.54) is 16.5 Å². The predicted octanol–water partition coefficient (Wildman–Crippen LogP) is 3.97. The fraction of sp³-hybridized carbons (Fsp3) is 0.176. The molecule has 3 aromatic rings. The number of hydrogen-bond acceptors (Lipinski definition) is 1. The Labute approximate surface area is 117 Å². The summed E-state index contributed by atoms with van der Waals surface area (Å²) in [7, 11) is 0. The Balaban J connectivity index is 2.09. The van der Waals surface area contributed by atoms with E-state index < -0.39 is 0 Å². The second-order valence-electron chi connectivity index (χ2n) is 4.97. The molecule has 0 unspecified atom stereocenters. The monoisotopic (exact) mass is 268 g/mol. The van der Waals surface area contributed by atoms with Crippen LogP contribution in [0.15, 0.2) is 48.7 Å². The summed E-state index contributed by atoms with van der Waals surface area (Å²) >= 11 is 0. The van der Waals surface area contributed by atoms with Gasteiger partial charge in [0.15, 0.2) is 5.82 Å². The zero-order valence-electron chi connectivity index (χ0n) is 11.4. The highest BCUT2D eigenvalue weighted by Crippen LogP contribution is 2.23. The molecule has 0 bridgehead atoms. The predicted molar refractivity (Wildman–Crippen MR) is 81.2 cm³/mol. The summed E-state index contributed by atoms with van der Waals surface area (Å²) in [6, 6.07) is 13.5. The first-order valence-corrected chi connectivity index (χ1v) is 6.80. The van der Waals surface area contributed by atoms with Crippen LogP contribution in [0.5, 0.6) is 0 Å². The summed E-state index contributed by atoms with van der Waals surface area (Å²) in [5, 5.41) is 1.19. The molecule has 3 rings (SSSR count). The molecule has 0 aliphatic carbocycles. The zero-order chi connectivity index (χ0) is 14.1. The van der Waals surface area contributed by atoms with E-state index in [9.17, 15) is 4.39 Å². The minimum absolute atomic E-state index is 0.203. The lowest BCUT2D eigenvalue weighted by Gasteiger charge is -2.10. The summed E-state index contributed by atoms with van der Waals surface area (Å²) in [5.74, 6) is -0.316. The Bertz CT molecular complexity index is 759. The molecule has 2 N–H and O–H groups in total. The van der Waals surface area contributed by atoms with Crippen LogP contribution < -0.4 is 5.73 Å². The van der Waals surface area contributed by atoms with Gasteiger partial charge in [-0.05, 0) is 29.5 Å². The number of aryl methyl sites for hydroxylation is 1. The second-order valence-corrected chi connectivity index (χ2v) is 4.97. The number of rotatable bonds is 3. The lowest BCUT2D eigenvalue weighted by Crippen LogP contribution is -2.04. The van der Waals surface area contributed by atoms with E-state index >= 15 is 0 Å². The molecule has 2 nitrogen and oxygen atoms in total. The van der Waals surface area contributed by atoms with E-state index in [1.807, 2.05) is 6.20 Å². The van der Waals surface area contributed by atoms with Crippen molar-refractivity contribution in [1.82, 2.24) is 4.57 Å². The minimum atomic E-state index is -0.316. The number of nitrogens with zero attached hydrogens (tertiary/aromatic N) is 1. The minimum Gasteiger partial charge on any atom is -0.396 e. The number of fused-ring (bicyclic) bond motifs is 1. The van der Waals surface area contributed by atoms with Gasteiger partial charge in [0.25, 0.3) is 0 Å². The molecule has 0 spiro atoms. The average Bonchev–Trinajstić information content (AvgIpc) is 2.87. The molecule has 0 atom stereocenters. The van der Waals surface area contributed by atoms with Crippen LogP contribution in [0.25, 0.3) is 10.9 Å². The smallest absolute Gasteiger partial charge is 0.151 e. The Morgan fingerprint density at radius 3 is 2.60 bits per heavy atom. The van der Waals surface area contributed by atoms with E-state index in [1.54, 1.807) is 18.2 Å². The third kappa shape index (κ3) is 2.05. The van der Waals surface area contributed by atoms with E-state index in [-0.39, 0.29) is 11.5 Å². The number of aromatic nitrogens is 1. The van der Waals surface area contributed by atoms with Gasteiger partial charge < -0.3 is 10.3 Å². The molecule has 0 aliphatic heterocycles. The molecule has 20 heavy (non-hydrogen) atoms. The van der Waals surface area contributed by atoms with Crippen molar-refractivity contribution < 1.29 is 4.39 Å². The largest absolute Gasteiger partial charge is 0.396 e. The first kappa shape index (κ1) is 12.7. The van der Waals surface area contributed by atoms with Gasteiger partial charge in [-0.15, -0.1) is 0 Å². The number of anilines is 1. The van der Waals surface area contributed by atoms with Crippen molar-refractivity contribution in [2.75, 3.05) is 5.73 Å². The molecule has 1 heterocycles. The highest BCUT2D eigenvalue weighted by molar-refractivity contribution is 5.83. The zero-order valence-corrected chi connectivity index (χ0v) is 11.4. The third-order valence-corrected chi connectivity index (χ3v) is 3.70. The van der Waals surface area contributed by atoms with Gasteiger partial charge in [-0.2, -0.15) is 0 Å². The summed E-state index contributed by atoms with van der Waals surface area (Å²) in [6.07, 6.45) is 2.97. The van der Waals surface area contributed by atoms with Crippen molar-refractivity contribution in [3.05, 3.63) is 65.6 Å². The van der Waals surface area contributed by atoms with E-state index in [0.717, 1.165) is 6.42 Å². The number of para-hydroxylation sites is 1. The Morgan fingerprint density at radius 2 is 1.80 bits per heavy atom. The van der Waals surface area contributed by atoms with Gasteiger partial charge in [0.05, 0.1) is 17.7 Å². The van der Waals surface area contributed by atoms with Crippen LogP contribution in [0.2, 0.25) is 0 Å². The molecule has 0 saturated carbocycles. The summed E-state index contributed by atoms with van der Waals surface area (Å²) in [5.41, 5.74) is 8.91. The van der Waals surface area contributed by atoms with Gasteiger partial charge in [-0.1, -0.05) is 37.3 Å². The van der Waals surface area contributed by atoms with Crippen LogP contribution in [-0.4, -0.2) is 4.57 Å². The lowest BCUT2D eigenvalue weighted by atomic mass is 10.1. The standard InChI is InChI=1S/C17H17FN2/c1-2-12-5-3-6-13-9-10-20(17(12)13)11-14-7-4-8-15(19)16(14)18/h3-10H,2,11,19H2,1H3. The van der Waals surface area contributed by atoms with Crippen LogP contribution in [0.4, 0.5) is 10.1 Å². The van der Waals surface area contributed by atoms with Crippen molar-refractivity contribution in [1.29, 1.82) is 0 Å². The van der Waals surface area contributed by atoms with E-state index in [2.05, 4.69) is 35.8 Å². The first-order valence-electron chi connectivity index (χ1n) is 6.80. The molecule has 0 aliphatic rings. The van der Waals surface area contributed by atoms with Gasteiger partial charge >= 0.3 is 0 Å². The molecule has 0 radical (unpaired) electrons. The maximum absolute atomic E-state index is 14.0. The van der Waals surface area contributed by atoms with Crippen LogP contribution in [0, 0.1) is 5.82 Å². The highest BCUT2D eigenvalue weighted by Gasteiger charge is 2.09. The Morgan fingerprint density at radius 1 is 1.05 bits per heavy atom.